The molecule has 150 valence electrons. The Bertz CT molecular complexity index is 845. The molecule has 1 aromatic heterocycles. The third kappa shape index (κ3) is 4.29. The number of aromatic nitrogens is 1. The molecule has 0 aliphatic heterocycles. The van der Waals surface area contributed by atoms with Gasteiger partial charge < -0.3 is 15.2 Å². The van der Waals surface area contributed by atoms with Crippen molar-refractivity contribution < 1.29 is 9.59 Å². The van der Waals surface area contributed by atoms with E-state index < -0.39 is 0 Å². The Balaban J connectivity index is 1.61. The normalized spacial score (nSPS) is 14.7. The van der Waals surface area contributed by atoms with E-state index in [0.717, 1.165) is 11.3 Å². The molecule has 1 amide bonds. The lowest BCUT2D eigenvalue weighted by atomic mass is 9.94. The number of benzene rings is 1. The van der Waals surface area contributed by atoms with Crippen LogP contribution in [0.4, 0.5) is 5.69 Å². The topological polar surface area (TPSA) is 65.2 Å². The summed E-state index contributed by atoms with van der Waals surface area (Å²) >= 11 is 0. The zero-order valence-electron chi connectivity index (χ0n) is 17.4. The zero-order chi connectivity index (χ0) is 20.3. The van der Waals surface area contributed by atoms with Gasteiger partial charge in [-0.05, 0) is 56.9 Å². The molecule has 1 heterocycles. The maximum absolute atomic E-state index is 12.5. The average Bonchev–Trinajstić information content (AvgIpc) is 3.01. The number of hydrogen-bond donors (Lipinski definition) is 2. The second-order valence-electron chi connectivity index (χ2n) is 7.93. The summed E-state index contributed by atoms with van der Waals surface area (Å²) in [4.78, 5) is 29.7. The number of H-pyrrole nitrogens is 1. The molecular weight excluding hydrogens is 350 g/mol. The third-order valence-electron chi connectivity index (χ3n) is 5.94. The van der Waals surface area contributed by atoms with E-state index in [4.69, 9.17) is 0 Å². The van der Waals surface area contributed by atoms with Crippen LogP contribution in [0.3, 0.4) is 0 Å². The van der Waals surface area contributed by atoms with E-state index in [0.29, 0.717) is 29.4 Å². The van der Waals surface area contributed by atoms with Gasteiger partial charge >= 0.3 is 0 Å². The summed E-state index contributed by atoms with van der Waals surface area (Å²) in [6, 6.07) is 9.04. The molecule has 0 bridgehead atoms. The first-order valence-corrected chi connectivity index (χ1v) is 10.2. The predicted octanol–water partition coefficient (Wildman–Crippen LogP) is 4.53. The highest BCUT2D eigenvalue weighted by atomic mass is 16.2. The Kier molecular flexibility index (Phi) is 6.22. The van der Waals surface area contributed by atoms with Gasteiger partial charge in [0, 0.05) is 36.6 Å². The lowest BCUT2D eigenvalue weighted by Gasteiger charge is -2.33. The van der Waals surface area contributed by atoms with Gasteiger partial charge in [0.2, 0.25) is 0 Å². The van der Waals surface area contributed by atoms with E-state index >= 15 is 0 Å². The summed E-state index contributed by atoms with van der Waals surface area (Å²) in [7, 11) is 2.18. The van der Waals surface area contributed by atoms with Gasteiger partial charge in [-0.2, -0.15) is 0 Å². The van der Waals surface area contributed by atoms with Crippen molar-refractivity contribution in [1.82, 2.24) is 10.3 Å². The van der Waals surface area contributed by atoms with Crippen LogP contribution in [0.1, 0.15) is 76.7 Å². The van der Waals surface area contributed by atoms with Crippen molar-refractivity contribution in [2.45, 2.75) is 65.5 Å². The monoisotopic (exact) mass is 381 g/mol. The standard InChI is InChI=1S/C23H31N3O2/c1-15-21(17(3)27)16(2)25-22(15)23(28)24-14-18-10-12-20(13-11-18)26(4)19-8-6-5-7-9-19/h10-13,19,25H,5-9,14H2,1-4H3,(H,24,28). The summed E-state index contributed by atoms with van der Waals surface area (Å²) in [6.45, 7) is 5.61. The third-order valence-corrected chi connectivity index (χ3v) is 5.94. The van der Waals surface area contributed by atoms with Crippen LogP contribution in [0.25, 0.3) is 0 Å². The summed E-state index contributed by atoms with van der Waals surface area (Å²) < 4.78 is 0. The number of hydrogen-bond acceptors (Lipinski definition) is 3. The molecule has 0 saturated heterocycles. The van der Waals surface area contributed by atoms with Gasteiger partial charge in [-0.1, -0.05) is 31.4 Å². The quantitative estimate of drug-likeness (QED) is 0.723. The van der Waals surface area contributed by atoms with Crippen LogP contribution in [0.15, 0.2) is 24.3 Å². The van der Waals surface area contributed by atoms with Crippen LogP contribution in [-0.2, 0) is 6.54 Å². The van der Waals surface area contributed by atoms with Crippen LogP contribution in [0, 0.1) is 13.8 Å². The van der Waals surface area contributed by atoms with E-state index in [-0.39, 0.29) is 11.7 Å². The highest BCUT2D eigenvalue weighted by molar-refractivity contribution is 6.02. The fourth-order valence-electron chi connectivity index (χ4n) is 4.30. The number of rotatable bonds is 6. The summed E-state index contributed by atoms with van der Waals surface area (Å²) in [5, 5.41) is 2.95. The Labute approximate surface area is 167 Å². The second kappa shape index (κ2) is 8.63. The molecule has 5 heteroatoms. The number of ketones is 1. The molecule has 0 spiro atoms. The molecule has 0 unspecified atom stereocenters. The average molecular weight is 382 g/mol. The molecule has 0 atom stereocenters. The molecule has 1 aromatic carbocycles. The molecule has 2 N–H and O–H groups in total. The fraction of sp³-hybridized carbons (Fsp3) is 0.478. The van der Waals surface area contributed by atoms with Gasteiger partial charge in [0.15, 0.2) is 5.78 Å². The molecular formula is C23H31N3O2. The minimum atomic E-state index is -0.184. The van der Waals surface area contributed by atoms with Crippen LogP contribution in [0.2, 0.25) is 0 Å². The first kappa shape index (κ1) is 20.2. The first-order chi connectivity index (χ1) is 13.4. The van der Waals surface area contributed by atoms with Crippen molar-refractivity contribution in [3.05, 3.63) is 52.3 Å². The largest absolute Gasteiger partial charge is 0.372 e. The van der Waals surface area contributed by atoms with Crippen molar-refractivity contribution >= 4 is 17.4 Å². The van der Waals surface area contributed by atoms with Crippen LogP contribution in [-0.4, -0.2) is 29.8 Å². The smallest absolute Gasteiger partial charge is 0.268 e. The molecule has 0 radical (unpaired) electrons. The predicted molar refractivity (Wildman–Crippen MR) is 113 cm³/mol. The SMILES string of the molecule is CC(=O)c1c(C)[nH]c(C(=O)NCc2ccc(N(C)C3CCCCC3)cc2)c1C. The molecule has 1 aliphatic carbocycles. The van der Waals surface area contributed by atoms with E-state index in [1.807, 2.05) is 13.8 Å². The second-order valence-corrected chi connectivity index (χ2v) is 7.93. The number of aromatic amines is 1. The van der Waals surface area contributed by atoms with Crippen molar-refractivity contribution in [3.63, 3.8) is 0 Å². The Morgan fingerprint density at radius 1 is 1.11 bits per heavy atom. The fourth-order valence-corrected chi connectivity index (χ4v) is 4.30. The van der Waals surface area contributed by atoms with Gasteiger partial charge in [-0.15, -0.1) is 0 Å². The van der Waals surface area contributed by atoms with E-state index in [2.05, 4.69) is 46.5 Å². The molecule has 3 rings (SSSR count). The molecule has 2 aromatic rings. The summed E-state index contributed by atoms with van der Waals surface area (Å²) in [5.41, 5.74) is 4.82. The van der Waals surface area contributed by atoms with Gasteiger partial charge in [0.1, 0.15) is 5.69 Å². The number of anilines is 1. The zero-order valence-corrected chi connectivity index (χ0v) is 17.4. The molecule has 1 fully saturated rings. The minimum Gasteiger partial charge on any atom is -0.372 e. The number of Topliss-reactive ketones (excluding diaryl/α,β-unsaturated/α-hetero) is 1. The van der Waals surface area contributed by atoms with Gasteiger partial charge in [-0.25, -0.2) is 0 Å². The molecule has 28 heavy (non-hydrogen) atoms. The van der Waals surface area contributed by atoms with E-state index in [1.165, 1.54) is 44.7 Å². The van der Waals surface area contributed by atoms with Crippen LogP contribution in [0.5, 0.6) is 0 Å². The van der Waals surface area contributed by atoms with Crippen LogP contribution >= 0.6 is 0 Å². The number of amides is 1. The van der Waals surface area contributed by atoms with Crippen molar-refractivity contribution in [3.8, 4) is 0 Å². The van der Waals surface area contributed by atoms with Gasteiger partial charge in [-0.3, -0.25) is 9.59 Å². The lowest BCUT2D eigenvalue weighted by Crippen LogP contribution is -2.33. The minimum absolute atomic E-state index is 0.0250. The van der Waals surface area contributed by atoms with Gasteiger partial charge in [0.25, 0.3) is 5.91 Å². The highest BCUT2D eigenvalue weighted by Gasteiger charge is 2.20. The first-order valence-electron chi connectivity index (χ1n) is 10.2. The van der Waals surface area contributed by atoms with E-state index in [9.17, 15) is 9.59 Å². The van der Waals surface area contributed by atoms with Gasteiger partial charge in [0.05, 0.1) is 0 Å². The molecule has 1 aliphatic rings. The maximum atomic E-state index is 12.5. The Morgan fingerprint density at radius 3 is 2.32 bits per heavy atom. The molecule has 5 nitrogen and oxygen atoms in total. The van der Waals surface area contributed by atoms with Crippen molar-refractivity contribution in [2.24, 2.45) is 0 Å². The Morgan fingerprint density at radius 2 is 1.75 bits per heavy atom. The van der Waals surface area contributed by atoms with Crippen LogP contribution < -0.4 is 10.2 Å². The van der Waals surface area contributed by atoms with Crippen molar-refractivity contribution in [2.75, 3.05) is 11.9 Å². The number of aryl methyl sites for hydroxylation is 1. The summed E-state index contributed by atoms with van der Waals surface area (Å²) in [6.07, 6.45) is 6.54. The number of nitrogens with one attached hydrogen (secondary N) is 2. The molecule has 1 saturated carbocycles. The summed E-state index contributed by atoms with van der Waals surface area (Å²) in [5.74, 6) is -0.209. The number of carbonyl (C=O) groups excluding carboxylic acids is 2. The number of carbonyl (C=O) groups is 2. The Hall–Kier alpha value is -2.56. The highest BCUT2D eigenvalue weighted by Crippen LogP contribution is 2.26. The van der Waals surface area contributed by atoms with Crippen molar-refractivity contribution in [1.29, 1.82) is 0 Å². The maximum Gasteiger partial charge on any atom is 0.268 e. The van der Waals surface area contributed by atoms with E-state index in [1.54, 1.807) is 0 Å². The number of nitrogens with zero attached hydrogens (tertiary/aromatic N) is 1. The lowest BCUT2D eigenvalue weighted by molar-refractivity contribution is 0.0945.